The van der Waals surface area contributed by atoms with Gasteiger partial charge in [-0.05, 0) is 188 Å². The topological polar surface area (TPSA) is 288 Å². The summed E-state index contributed by atoms with van der Waals surface area (Å²) in [6.07, 6.45) is -29.4. The van der Waals surface area contributed by atoms with Gasteiger partial charge in [0.15, 0.2) is 18.1 Å². The predicted octanol–water partition coefficient (Wildman–Crippen LogP) is 19.4. The molecular weight excluding hydrogens is 1670 g/mol. The van der Waals surface area contributed by atoms with Crippen molar-refractivity contribution in [3.63, 3.8) is 0 Å². The van der Waals surface area contributed by atoms with Gasteiger partial charge < -0.3 is 65.1 Å². The minimum Gasteiger partial charge on any atom is -0.497 e. The zero-order chi connectivity index (χ0) is 86.8. The fourth-order valence-electron chi connectivity index (χ4n) is 11.9. The van der Waals surface area contributed by atoms with E-state index in [2.05, 4.69) is 10.6 Å². The lowest BCUT2D eigenvalue weighted by atomic mass is 9.95. The van der Waals surface area contributed by atoms with E-state index >= 15 is 0 Å². The third-order valence-corrected chi connectivity index (χ3v) is 18.3. The number of rotatable bonds is 8. The molecule has 12 rings (SSSR count). The van der Waals surface area contributed by atoms with Gasteiger partial charge in [0.05, 0.1) is 40.5 Å². The largest absolute Gasteiger partial charge is 0.497 e. The quantitative estimate of drug-likeness (QED) is 0.0657. The molecule has 41 heteroatoms. The Balaban J connectivity index is 0.000000191. The summed E-state index contributed by atoms with van der Waals surface area (Å²) in [7, 11) is 2.63. The highest BCUT2D eigenvalue weighted by molar-refractivity contribution is 6.33. The number of fused-ring (bicyclic) bond motifs is 6. The van der Waals surface area contributed by atoms with E-state index in [1.807, 2.05) is 0 Å². The minimum atomic E-state index is -4.80. The van der Waals surface area contributed by atoms with Crippen LogP contribution in [0.5, 0.6) is 23.0 Å². The normalized spacial score (nSPS) is 18.4. The number of halogens is 22. The second-order valence-electron chi connectivity index (χ2n) is 25.1. The van der Waals surface area contributed by atoms with Crippen molar-refractivity contribution < 1.29 is 157 Å². The first-order chi connectivity index (χ1) is 52.9. The molecule has 6 aliphatic heterocycles. The number of carboxylic acids is 6. The number of nitrogens with zero attached hydrogens (tertiary/aromatic N) is 1. The molecule has 0 aromatic heterocycles. The number of benzene rings is 6. The number of likely N-dealkylation sites (N-methyl/N-ethyl adjacent to an activating group) is 1. The van der Waals surface area contributed by atoms with Crippen LogP contribution < -0.4 is 34.5 Å². The Morgan fingerprint density at radius 3 is 1.22 bits per heavy atom. The lowest BCUT2D eigenvalue weighted by Crippen LogP contribution is -2.48. The van der Waals surface area contributed by atoms with Crippen molar-refractivity contribution in [1.29, 1.82) is 0 Å². The highest BCUT2D eigenvalue weighted by Crippen LogP contribution is 2.47. The third-order valence-electron chi connectivity index (χ3n) is 17.0. The molecule has 6 aliphatic rings. The van der Waals surface area contributed by atoms with Crippen LogP contribution in [0.1, 0.15) is 68.1 Å². The molecule has 19 nitrogen and oxygen atoms in total. The van der Waals surface area contributed by atoms with Crippen molar-refractivity contribution in [2.75, 3.05) is 29.7 Å². The summed E-state index contributed by atoms with van der Waals surface area (Å²) in [6, 6.07) is 13.8. The molecule has 115 heavy (non-hydrogen) atoms. The molecule has 6 heterocycles. The Bertz CT molecular complexity index is 4950. The van der Waals surface area contributed by atoms with Crippen molar-refractivity contribution in [3.05, 3.63) is 200 Å². The van der Waals surface area contributed by atoms with Gasteiger partial charge in [0.2, 0.25) is 18.3 Å². The van der Waals surface area contributed by atoms with Crippen LogP contribution in [0.3, 0.4) is 0 Å². The first kappa shape index (κ1) is 91.3. The summed E-state index contributed by atoms with van der Waals surface area (Å²) in [5.41, 5.74) is 0.803. The van der Waals surface area contributed by atoms with Crippen LogP contribution in [0.2, 0.25) is 20.1 Å². The zero-order valence-electron chi connectivity index (χ0n) is 59.2. The van der Waals surface area contributed by atoms with E-state index in [1.165, 1.54) is 80.9 Å². The van der Waals surface area contributed by atoms with Gasteiger partial charge in [0.25, 0.3) is 0 Å². The molecule has 0 spiro atoms. The Morgan fingerprint density at radius 2 is 0.817 bits per heavy atom. The summed E-state index contributed by atoms with van der Waals surface area (Å²) in [4.78, 5) is 66.6. The van der Waals surface area contributed by atoms with Crippen molar-refractivity contribution in [2.24, 2.45) is 0 Å². The lowest BCUT2D eigenvalue weighted by Gasteiger charge is -2.36. The van der Waals surface area contributed by atoms with Gasteiger partial charge >= 0.3 is 72.9 Å². The second kappa shape index (κ2) is 35.0. The van der Waals surface area contributed by atoms with Crippen LogP contribution in [-0.2, 0) is 35.2 Å². The second-order valence-corrected chi connectivity index (χ2v) is 26.8. The van der Waals surface area contributed by atoms with Gasteiger partial charge in [-0.25, -0.2) is 28.8 Å². The lowest BCUT2D eigenvalue weighted by molar-refractivity contribution is -0.187. The number of ether oxygens (including phenoxy) is 4. The molecule has 2 unspecified atom stereocenters. The average molecular weight is 1730 g/mol. The summed E-state index contributed by atoms with van der Waals surface area (Å²) in [5.74, 6) is -9.25. The van der Waals surface area contributed by atoms with Gasteiger partial charge in [-0.1, -0.05) is 65.0 Å². The number of carboxylic acid groups (broad SMARTS) is 6. The number of aryl methyl sites for hydroxylation is 4. The molecule has 8 N–H and O–H groups in total. The molecular formula is C74H57Cl4F18N3O16. The summed E-state index contributed by atoms with van der Waals surface area (Å²) in [6.45, 7) is 8.40. The molecule has 0 saturated carbocycles. The molecule has 0 fully saturated rings. The maximum Gasteiger partial charge on any atom is 0.430 e. The smallest absolute Gasteiger partial charge is 0.430 e. The van der Waals surface area contributed by atoms with E-state index in [0.29, 0.717) is 76.8 Å². The predicted molar refractivity (Wildman–Crippen MR) is 384 cm³/mol. The first-order valence-electron chi connectivity index (χ1n) is 32.3. The number of methoxy groups -OCH3 is 1. The number of aliphatic carboxylic acids is 6. The average Bonchev–Trinajstić information content (AvgIpc) is 0.778. The highest BCUT2D eigenvalue weighted by Gasteiger charge is 2.54. The van der Waals surface area contributed by atoms with Gasteiger partial charge in [0, 0.05) is 60.9 Å². The van der Waals surface area contributed by atoms with Crippen molar-refractivity contribution >= 4 is 136 Å². The standard InChI is InChI=1S/C14H13F3O4.C13H10ClF3O3.C13H11F3O3.C12H9ClF3NO2.2C11H7ClF3NO2/c1-3-7-4-9(20-2)5-8-6-10(13(18)19)12(14(15,16)17)21-11(7)8;1-5-3-9-7(6(2)10(5)14)4-8(12(18)19)11(20-9)13(15,16)17;1-6-3-7(2)10-8(4-6)5-9(12(17)18)11(19-10)13(14,15)16;1-17-9-3-2-7(13)4-6(9)5-8(11(18)19)10(17)12(14,15)16;2*12-6-1-2-8-5(3-6)4-7(10(17)18)9(16-8)11(13,14)15/h4-6,12H,3H2,1-2H3,(H,18,19);3-4,11H,1-2H3,(H,18,19);3-5,11H,1-2H3,(H,17,18);2-5,10H,1H3,(H,18,19);2*1-4,9,16H,(H,17,18)/t12-;2*11-;;9-;/m000.0./s1. The molecule has 0 amide bonds. The number of hydrogen-bond donors (Lipinski definition) is 8. The SMILES string of the molecule is CCc1cc(OC)cc2c1O[C@H](C(F)(F)F)C(C(=O)O)=C2.CN1c2ccc(Cl)cc2C=C(C(=O)O)C1C(F)(F)F.Cc1cc(C)c2c(c1)C=C(C(=O)O)[C@@H](C(F)(F)F)O2.Cc1cc2c(c(C)c1Cl)C=C(C(=O)O)[C@@H](C(F)(F)F)O2.O=C(O)C1=Cc2cc(Cl)ccc2NC1C(F)(F)F.O=C(O)C1=Cc2cc(Cl)ccc2N[C@@H]1C(F)(F)F. The summed E-state index contributed by atoms with van der Waals surface area (Å²) >= 11 is 23.2. The van der Waals surface area contributed by atoms with Crippen LogP contribution in [0, 0.1) is 27.7 Å². The monoisotopic (exact) mass is 1730 g/mol. The van der Waals surface area contributed by atoms with Crippen LogP contribution >= 0.6 is 46.4 Å². The Kier molecular flexibility index (Phi) is 27.8. The molecule has 0 bridgehead atoms. The third kappa shape index (κ3) is 21.7. The van der Waals surface area contributed by atoms with Gasteiger partial charge in [-0.15, -0.1) is 0 Å². The number of carbonyl (C=O) groups is 6. The molecule has 618 valence electrons. The Morgan fingerprint density at radius 1 is 0.435 bits per heavy atom. The van der Waals surface area contributed by atoms with Crippen LogP contribution in [0.15, 0.2) is 118 Å². The van der Waals surface area contributed by atoms with Gasteiger partial charge in [0.1, 0.15) is 23.0 Å². The van der Waals surface area contributed by atoms with E-state index in [1.54, 1.807) is 52.8 Å². The van der Waals surface area contributed by atoms with Crippen molar-refractivity contribution in [3.8, 4) is 23.0 Å². The van der Waals surface area contributed by atoms with E-state index < -0.39 is 143 Å². The first-order valence-corrected chi connectivity index (χ1v) is 33.8. The molecule has 0 radical (unpaired) electrons. The van der Waals surface area contributed by atoms with E-state index in [0.717, 1.165) is 46.9 Å². The van der Waals surface area contributed by atoms with Gasteiger partial charge in [-0.3, -0.25) is 0 Å². The van der Waals surface area contributed by atoms with Crippen molar-refractivity contribution in [2.45, 2.75) is 115 Å². The summed E-state index contributed by atoms with van der Waals surface area (Å²) < 4.78 is 251. The molecule has 6 aromatic carbocycles. The van der Waals surface area contributed by atoms with Crippen LogP contribution in [-0.4, -0.2) is 154 Å². The summed E-state index contributed by atoms with van der Waals surface area (Å²) in [5, 5.41) is 59.1. The molecule has 6 aromatic rings. The number of alkyl halides is 18. The molecule has 0 saturated heterocycles. The highest BCUT2D eigenvalue weighted by atomic mass is 35.5. The van der Waals surface area contributed by atoms with Gasteiger partial charge in [-0.2, -0.15) is 79.0 Å². The van der Waals surface area contributed by atoms with Crippen LogP contribution in [0.4, 0.5) is 96.1 Å². The number of anilines is 3. The number of hydrogen-bond acceptors (Lipinski definition) is 13. The van der Waals surface area contributed by atoms with Crippen molar-refractivity contribution in [1.82, 2.24) is 0 Å². The van der Waals surface area contributed by atoms with E-state index in [-0.39, 0.29) is 45.4 Å². The maximum atomic E-state index is 13.0. The maximum absolute atomic E-state index is 13.0. The fraction of sp³-hybridized carbons (Fsp3) is 0.270. The van der Waals surface area contributed by atoms with E-state index in [9.17, 15) is 108 Å². The zero-order valence-corrected chi connectivity index (χ0v) is 62.3. The minimum absolute atomic E-state index is 0.0169. The van der Waals surface area contributed by atoms with Crippen LogP contribution in [0.25, 0.3) is 36.5 Å². The Hall–Kier alpha value is -10.9. The van der Waals surface area contributed by atoms with E-state index in [4.69, 9.17) is 96.0 Å². The number of nitrogens with one attached hydrogen (secondary N) is 2. The Labute approximate surface area is 657 Å². The fourth-order valence-corrected chi connectivity index (χ4v) is 12.6. The molecule has 0 aliphatic carbocycles. The molecule has 6 atom stereocenters.